The van der Waals surface area contributed by atoms with Crippen molar-refractivity contribution in [2.75, 3.05) is 20.6 Å². The summed E-state index contributed by atoms with van der Waals surface area (Å²) in [5, 5.41) is 4.60. The van der Waals surface area contributed by atoms with E-state index in [1.54, 1.807) is 0 Å². The lowest BCUT2D eigenvalue weighted by Gasteiger charge is -2.26. The molecule has 0 aliphatic heterocycles. The van der Waals surface area contributed by atoms with E-state index in [9.17, 15) is 4.39 Å². The second kappa shape index (κ2) is 4.55. The summed E-state index contributed by atoms with van der Waals surface area (Å²) in [6.07, 6.45) is 1.45. The van der Waals surface area contributed by atoms with Gasteiger partial charge in [0.1, 0.15) is 5.67 Å². The first kappa shape index (κ1) is 14.1. The predicted octanol–water partition coefficient (Wildman–Crippen LogP) is 3.17. The molecule has 0 amide bonds. The first-order valence-corrected chi connectivity index (χ1v) is 7.70. The van der Waals surface area contributed by atoms with E-state index in [0.29, 0.717) is 30.3 Å². The normalized spacial score (nSPS) is 35.9. The van der Waals surface area contributed by atoms with Crippen molar-refractivity contribution < 1.29 is 4.39 Å². The van der Waals surface area contributed by atoms with E-state index in [2.05, 4.69) is 29.7 Å². The van der Waals surface area contributed by atoms with Crippen molar-refractivity contribution in [3.63, 3.8) is 0 Å². The molecule has 20 heavy (non-hydrogen) atoms. The smallest absolute Gasteiger partial charge is 0.124 e. The number of nitrogens with zero attached hydrogens (tertiary/aromatic N) is 3. The lowest BCUT2D eigenvalue weighted by atomic mass is 9.95. The highest BCUT2D eigenvalue weighted by Crippen LogP contribution is 2.66. The summed E-state index contributed by atoms with van der Waals surface area (Å²) < 4.78 is 16.9. The SMILES string of the molecule is Cc1cc(C2C3CC(F)(CN(C)C)CC32)n(C(C)C)n1. The van der Waals surface area contributed by atoms with Crippen molar-refractivity contribution in [2.24, 2.45) is 11.8 Å². The second-order valence-electron chi connectivity index (χ2n) is 7.40. The molecule has 112 valence electrons. The van der Waals surface area contributed by atoms with Crippen LogP contribution in [-0.2, 0) is 0 Å². The predicted molar refractivity (Wildman–Crippen MR) is 78.7 cm³/mol. The summed E-state index contributed by atoms with van der Waals surface area (Å²) in [7, 11) is 3.92. The van der Waals surface area contributed by atoms with Crippen molar-refractivity contribution in [1.29, 1.82) is 0 Å². The summed E-state index contributed by atoms with van der Waals surface area (Å²) in [5.41, 5.74) is 1.45. The number of aryl methyl sites for hydroxylation is 1. The van der Waals surface area contributed by atoms with E-state index in [0.717, 1.165) is 18.5 Å². The third-order valence-corrected chi connectivity index (χ3v) is 4.85. The fourth-order valence-corrected chi connectivity index (χ4v) is 4.26. The molecule has 0 bridgehead atoms. The van der Waals surface area contributed by atoms with Gasteiger partial charge in [-0.05, 0) is 65.6 Å². The number of fused-ring (bicyclic) bond motifs is 1. The molecule has 1 aromatic rings. The van der Waals surface area contributed by atoms with Crippen LogP contribution in [0.2, 0.25) is 0 Å². The second-order valence-corrected chi connectivity index (χ2v) is 7.40. The van der Waals surface area contributed by atoms with Gasteiger partial charge in [-0.2, -0.15) is 5.10 Å². The van der Waals surface area contributed by atoms with Crippen LogP contribution in [0.4, 0.5) is 4.39 Å². The minimum atomic E-state index is -0.965. The lowest BCUT2D eigenvalue weighted by Crippen LogP contribution is -2.35. The number of alkyl halides is 1. The third kappa shape index (κ3) is 2.28. The van der Waals surface area contributed by atoms with Gasteiger partial charge in [0.2, 0.25) is 0 Å². The molecule has 2 saturated carbocycles. The van der Waals surface area contributed by atoms with Crippen molar-refractivity contribution in [2.45, 2.75) is 51.2 Å². The first-order chi connectivity index (χ1) is 9.31. The van der Waals surface area contributed by atoms with Gasteiger partial charge in [-0.15, -0.1) is 0 Å². The van der Waals surface area contributed by atoms with Gasteiger partial charge in [0, 0.05) is 24.2 Å². The van der Waals surface area contributed by atoms with Crippen LogP contribution in [-0.4, -0.2) is 41.0 Å². The summed E-state index contributed by atoms with van der Waals surface area (Å²) in [4.78, 5) is 1.97. The molecule has 3 rings (SSSR count). The molecule has 0 aromatic carbocycles. The highest BCUT2D eigenvalue weighted by molar-refractivity contribution is 5.28. The molecule has 2 fully saturated rings. The molecule has 1 heterocycles. The first-order valence-electron chi connectivity index (χ1n) is 7.70. The molecule has 4 heteroatoms. The van der Waals surface area contributed by atoms with Crippen molar-refractivity contribution >= 4 is 0 Å². The van der Waals surface area contributed by atoms with Crippen LogP contribution in [0.25, 0.3) is 0 Å². The lowest BCUT2D eigenvalue weighted by molar-refractivity contribution is 0.107. The average molecular weight is 279 g/mol. The largest absolute Gasteiger partial charge is 0.306 e. The van der Waals surface area contributed by atoms with Crippen LogP contribution in [0.3, 0.4) is 0 Å². The van der Waals surface area contributed by atoms with E-state index in [4.69, 9.17) is 0 Å². The number of rotatable bonds is 4. The van der Waals surface area contributed by atoms with Gasteiger partial charge in [0.25, 0.3) is 0 Å². The highest BCUT2D eigenvalue weighted by Gasteiger charge is 2.63. The fraction of sp³-hybridized carbons (Fsp3) is 0.812. The van der Waals surface area contributed by atoms with Gasteiger partial charge < -0.3 is 4.90 Å². The average Bonchev–Trinajstić information content (AvgIpc) is 2.68. The number of hydrogen-bond donors (Lipinski definition) is 0. The molecule has 0 spiro atoms. The number of halogens is 1. The molecular formula is C16H26FN3. The van der Waals surface area contributed by atoms with Gasteiger partial charge in [0.05, 0.1) is 5.69 Å². The van der Waals surface area contributed by atoms with Crippen LogP contribution in [0.1, 0.15) is 50.0 Å². The van der Waals surface area contributed by atoms with Crippen LogP contribution in [0.15, 0.2) is 6.07 Å². The van der Waals surface area contributed by atoms with Crippen LogP contribution in [0.5, 0.6) is 0 Å². The summed E-state index contributed by atoms with van der Waals surface area (Å²) >= 11 is 0. The van der Waals surface area contributed by atoms with E-state index < -0.39 is 5.67 Å². The van der Waals surface area contributed by atoms with Gasteiger partial charge in [-0.25, -0.2) is 4.39 Å². The Kier molecular flexibility index (Phi) is 3.20. The maximum Gasteiger partial charge on any atom is 0.124 e. The van der Waals surface area contributed by atoms with E-state index >= 15 is 0 Å². The van der Waals surface area contributed by atoms with Gasteiger partial charge in [-0.3, -0.25) is 4.68 Å². The zero-order valence-electron chi connectivity index (χ0n) is 13.2. The Bertz CT molecular complexity index is 494. The fourth-order valence-electron chi connectivity index (χ4n) is 4.26. The molecule has 0 N–H and O–H groups in total. The Balaban J connectivity index is 1.73. The molecule has 2 aliphatic carbocycles. The van der Waals surface area contributed by atoms with Gasteiger partial charge >= 0.3 is 0 Å². The Morgan fingerprint density at radius 3 is 2.50 bits per heavy atom. The standard InChI is InChI=1S/C16H26FN3/c1-10(2)20-14(6-11(3)18-20)15-12-7-16(17,8-13(12)15)9-19(4)5/h6,10,12-13,15H,7-9H2,1-5H3. The third-order valence-electron chi connectivity index (χ3n) is 4.85. The summed E-state index contributed by atoms with van der Waals surface area (Å²) in [5.74, 6) is 1.62. The molecule has 3 nitrogen and oxygen atoms in total. The Hall–Kier alpha value is -0.900. The summed E-state index contributed by atoms with van der Waals surface area (Å²) in [6.45, 7) is 6.94. The quantitative estimate of drug-likeness (QED) is 0.844. The maximum absolute atomic E-state index is 14.7. The van der Waals surface area contributed by atoms with Crippen molar-refractivity contribution in [1.82, 2.24) is 14.7 Å². The molecule has 2 unspecified atom stereocenters. The van der Waals surface area contributed by atoms with E-state index in [1.807, 2.05) is 25.9 Å². The zero-order valence-corrected chi connectivity index (χ0v) is 13.2. The van der Waals surface area contributed by atoms with Gasteiger partial charge in [-0.1, -0.05) is 0 Å². The number of hydrogen-bond acceptors (Lipinski definition) is 2. The van der Waals surface area contributed by atoms with E-state index in [-0.39, 0.29) is 0 Å². The minimum Gasteiger partial charge on any atom is -0.306 e. The summed E-state index contributed by atoms with van der Waals surface area (Å²) in [6, 6.07) is 2.59. The minimum absolute atomic E-state index is 0.386. The number of aromatic nitrogens is 2. The Morgan fingerprint density at radius 1 is 1.40 bits per heavy atom. The van der Waals surface area contributed by atoms with Crippen molar-refractivity contribution in [3.05, 3.63) is 17.5 Å². The molecule has 0 saturated heterocycles. The topological polar surface area (TPSA) is 21.1 Å². The Morgan fingerprint density at radius 2 is 2.00 bits per heavy atom. The van der Waals surface area contributed by atoms with Crippen molar-refractivity contribution in [3.8, 4) is 0 Å². The Labute approximate surface area is 121 Å². The maximum atomic E-state index is 14.7. The zero-order chi connectivity index (χ0) is 14.7. The van der Waals surface area contributed by atoms with Crippen LogP contribution in [0, 0.1) is 18.8 Å². The molecule has 1 aromatic heterocycles. The van der Waals surface area contributed by atoms with Crippen LogP contribution >= 0.6 is 0 Å². The monoisotopic (exact) mass is 279 g/mol. The molecular weight excluding hydrogens is 253 g/mol. The molecule has 2 aliphatic rings. The van der Waals surface area contributed by atoms with Crippen LogP contribution < -0.4 is 0 Å². The van der Waals surface area contributed by atoms with Gasteiger partial charge in [0.15, 0.2) is 0 Å². The van der Waals surface area contributed by atoms with E-state index in [1.165, 1.54) is 5.69 Å². The molecule has 0 radical (unpaired) electrons. The molecule has 2 atom stereocenters. The highest BCUT2D eigenvalue weighted by atomic mass is 19.1.